The Balaban J connectivity index is 2.09. The first-order valence-electron chi connectivity index (χ1n) is 7.01. The van der Waals surface area contributed by atoms with Gasteiger partial charge in [0.15, 0.2) is 5.82 Å². The van der Waals surface area contributed by atoms with Gasteiger partial charge in [-0.2, -0.15) is 4.98 Å². The molecule has 102 valence electrons. The average Bonchev–Trinajstić information content (AvgIpc) is 2.78. The number of nitrogens with zero attached hydrogens (tertiary/aromatic N) is 2. The van der Waals surface area contributed by atoms with Gasteiger partial charge in [0, 0.05) is 11.2 Å². The zero-order valence-corrected chi connectivity index (χ0v) is 12.7. The van der Waals surface area contributed by atoms with Crippen LogP contribution in [0.3, 0.4) is 0 Å². The molecule has 0 unspecified atom stereocenters. The van der Waals surface area contributed by atoms with Gasteiger partial charge in [0.2, 0.25) is 5.89 Å². The van der Waals surface area contributed by atoms with Crippen molar-refractivity contribution < 1.29 is 4.52 Å². The molecule has 3 nitrogen and oxygen atoms in total. The van der Waals surface area contributed by atoms with E-state index in [1.807, 2.05) is 11.8 Å². The van der Waals surface area contributed by atoms with E-state index >= 15 is 0 Å². The van der Waals surface area contributed by atoms with E-state index in [0.717, 1.165) is 11.7 Å². The summed E-state index contributed by atoms with van der Waals surface area (Å²) in [4.78, 5) is 4.66. The van der Waals surface area contributed by atoms with E-state index in [4.69, 9.17) is 4.52 Å². The van der Waals surface area contributed by atoms with Crippen molar-refractivity contribution in [2.75, 3.05) is 0 Å². The molecule has 0 aliphatic heterocycles. The van der Waals surface area contributed by atoms with Crippen molar-refractivity contribution in [3.05, 3.63) is 11.7 Å². The number of hydrogen-bond donors (Lipinski definition) is 0. The van der Waals surface area contributed by atoms with Crippen LogP contribution in [0.5, 0.6) is 0 Å². The summed E-state index contributed by atoms with van der Waals surface area (Å²) >= 11 is 1.87. The Kier molecular flexibility index (Phi) is 4.36. The summed E-state index contributed by atoms with van der Waals surface area (Å²) in [5.41, 5.74) is 0. The summed E-state index contributed by atoms with van der Waals surface area (Å²) in [6.45, 7) is 8.72. The van der Waals surface area contributed by atoms with Crippen LogP contribution in [0, 0.1) is 0 Å². The van der Waals surface area contributed by atoms with Gasteiger partial charge < -0.3 is 4.52 Å². The van der Waals surface area contributed by atoms with Crippen LogP contribution in [-0.4, -0.2) is 15.4 Å². The Morgan fingerprint density at radius 1 is 1.22 bits per heavy atom. The van der Waals surface area contributed by atoms with Gasteiger partial charge in [0.25, 0.3) is 0 Å². The van der Waals surface area contributed by atoms with Crippen LogP contribution in [-0.2, 0) is 4.75 Å². The smallest absolute Gasteiger partial charge is 0.242 e. The first kappa shape index (κ1) is 13.9. The number of aromatic nitrogens is 2. The molecule has 2 rings (SSSR count). The van der Waals surface area contributed by atoms with Gasteiger partial charge in [0.05, 0.1) is 4.75 Å². The minimum atomic E-state index is -0.0892. The standard InChI is InChI=1S/C14H24N2OS/c1-10(2)18-14(3,4)13-15-12(16-17-13)11-8-6-5-7-9-11/h10-11H,5-9H2,1-4H3. The molecule has 4 heteroatoms. The quantitative estimate of drug-likeness (QED) is 0.806. The number of hydrogen-bond acceptors (Lipinski definition) is 4. The van der Waals surface area contributed by atoms with E-state index in [1.165, 1.54) is 32.1 Å². The van der Waals surface area contributed by atoms with Gasteiger partial charge in [-0.15, -0.1) is 11.8 Å². The Hall–Kier alpha value is -0.510. The van der Waals surface area contributed by atoms with Crippen molar-refractivity contribution in [1.82, 2.24) is 10.1 Å². The minimum absolute atomic E-state index is 0.0892. The third kappa shape index (κ3) is 3.28. The third-order valence-corrected chi connectivity index (χ3v) is 4.69. The lowest BCUT2D eigenvalue weighted by molar-refractivity contribution is 0.341. The maximum Gasteiger partial charge on any atom is 0.242 e. The van der Waals surface area contributed by atoms with E-state index in [1.54, 1.807) is 0 Å². The first-order valence-corrected chi connectivity index (χ1v) is 7.89. The fourth-order valence-corrected chi connectivity index (χ4v) is 4.01. The maximum absolute atomic E-state index is 5.50. The molecule has 1 fully saturated rings. The second-order valence-electron chi connectivity index (χ2n) is 5.97. The first-order chi connectivity index (χ1) is 8.49. The predicted octanol–water partition coefficient (Wildman–Crippen LogP) is 4.49. The highest BCUT2D eigenvalue weighted by atomic mass is 32.2. The Morgan fingerprint density at radius 2 is 1.89 bits per heavy atom. The van der Waals surface area contributed by atoms with E-state index in [2.05, 4.69) is 37.8 Å². The lowest BCUT2D eigenvalue weighted by Crippen LogP contribution is -2.16. The van der Waals surface area contributed by atoms with E-state index < -0.39 is 0 Å². The molecule has 0 atom stereocenters. The highest BCUT2D eigenvalue weighted by Crippen LogP contribution is 2.38. The topological polar surface area (TPSA) is 38.9 Å². The third-order valence-electron chi connectivity index (χ3n) is 3.46. The molecule has 0 spiro atoms. The zero-order chi connectivity index (χ0) is 13.2. The van der Waals surface area contributed by atoms with Crippen molar-refractivity contribution in [3.63, 3.8) is 0 Å². The largest absolute Gasteiger partial charge is 0.338 e. The summed E-state index contributed by atoms with van der Waals surface area (Å²) in [6, 6.07) is 0. The summed E-state index contributed by atoms with van der Waals surface area (Å²) in [5, 5.41) is 4.77. The second kappa shape index (κ2) is 5.64. The lowest BCUT2D eigenvalue weighted by atomic mass is 9.89. The predicted molar refractivity (Wildman–Crippen MR) is 75.9 cm³/mol. The van der Waals surface area contributed by atoms with Crippen LogP contribution < -0.4 is 0 Å². The molecule has 1 aliphatic carbocycles. The molecule has 18 heavy (non-hydrogen) atoms. The van der Waals surface area contributed by atoms with Crippen LogP contribution in [0.2, 0.25) is 0 Å². The van der Waals surface area contributed by atoms with Gasteiger partial charge in [0.1, 0.15) is 0 Å². The van der Waals surface area contributed by atoms with Gasteiger partial charge >= 0.3 is 0 Å². The van der Waals surface area contributed by atoms with E-state index in [9.17, 15) is 0 Å². The average molecular weight is 268 g/mol. The van der Waals surface area contributed by atoms with Crippen molar-refractivity contribution in [1.29, 1.82) is 0 Å². The van der Waals surface area contributed by atoms with Gasteiger partial charge in [-0.05, 0) is 26.7 Å². The van der Waals surface area contributed by atoms with Gasteiger partial charge in [-0.3, -0.25) is 0 Å². The molecule has 1 aliphatic rings. The summed E-state index contributed by atoms with van der Waals surface area (Å²) in [5.74, 6) is 2.24. The SMILES string of the molecule is CC(C)SC(C)(C)c1nc(C2CCCCC2)no1. The molecular formula is C14H24N2OS. The van der Waals surface area contributed by atoms with Crippen molar-refractivity contribution >= 4 is 11.8 Å². The van der Waals surface area contributed by atoms with Crippen LogP contribution >= 0.6 is 11.8 Å². The Morgan fingerprint density at radius 3 is 2.50 bits per heavy atom. The van der Waals surface area contributed by atoms with Crippen molar-refractivity contribution in [2.45, 2.75) is 75.7 Å². The maximum atomic E-state index is 5.50. The molecule has 0 bridgehead atoms. The zero-order valence-electron chi connectivity index (χ0n) is 11.9. The second-order valence-corrected chi connectivity index (χ2v) is 8.17. The van der Waals surface area contributed by atoms with Crippen LogP contribution in [0.1, 0.15) is 77.4 Å². The van der Waals surface area contributed by atoms with E-state index in [-0.39, 0.29) is 4.75 Å². The summed E-state index contributed by atoms with van der Waals surface area (Å²) < 4.78 is 5.41. The normalized spacial score (nSPS) is 18.5. The van der Waals surface area contributed by atoms with Crippen molar-refractivity contribution in [3.8, 4) is 0 Å². The highest BCUT2D eigenvalue weighted by molar-refractivity contribution is 8.00. The molecule has 0 N–H and O–H groups in total. The molecular weight excluding hydrogens is 244 g/mol. The van der Waals surface area contributed by atoms with Crippen LogP contribution in [0.25, 0.3) is 0 Å². The van der Waals surface area contributed by atoms with Crippen molar-refractivity contribution in [2.24, 2.45) is 0 Å². The van der Waals surface area contributed by atoms with Gasteiger partial charge in [-0.25, -0.2) is 0 Å². The van der Waals surface area contributed by atoms with E-state index in [0.29, 0.717) is 11.2 Å². The number of thioether (sulfide) groups is 1. The lowest BCUT2D eigenvalue weighted by Gasteiger charge is -2.21. The highest BCUT2D eigenvalue weighted by Gasteiger charge is 2.31. The monoisotopic (exact) mass is 268 g/mol. The Bertz CT molecular complexity index is 381. The summed E-state index contributed by atoms with van der Waals surface area (Å²) in [7, 11) is 0. The molecule has 0 aromatic carbocycles. The molecule has 0 saturated heterocycles. The molecule has 0 amide bonds. The molecule has 1 aromatic heterocycles. The Labute approximate surface area is 114 Å². The molecule has 1 heterocycles. The van der Waals surface area contributed by atoms with Gasteiger partial charge in [-0.1, -0.05) is 38.3 Å². The number of rotatable bonds is 4. The molecule has 1 aromatic rings. The fourth-order valence-electron chi connectivity index (χ4n) is 2.65. The minimum Gasteiger partial charge on any atom is -0.338 e. The fraction of sp³-hybridized carbons (Fsp3) is 0.857. The summed E-state index contributed by atoms with van der Waals surface area (Å²) in [6.07, 6.45) is 6.40. The van der Waals surface area contributed by atoms with Crippen LogP contribution in [0.4, 0.5) is 0 Å². The molecule has 0 radical (unpaired) electrons. The van der Waals surface area contributed by atoms with Crippen LogP contribution in [0.15, 0.2) is 4.52 Å². The molecule has 1 saturated carbocycles.